The van der Waals surface area contributed by atoms with Crippen molar-refractivity contribution in [2.75, 3.05) is 13.7 Å². The van der Waals surface area contributed by atoms with Gasteiger partial charge in [0, 0.05) is 12.2 Å². The first-order valence-electron chi connectivity index (χ1n) is 3.49. The molecule has 1 N–H and O–H groups in total. The van der Waals surface area contributed by atoms with Crippen LogP contribution in [0, 0.1) is 0 Å². The molecule has 3 heteroatoms. The van der Waals surface area contributed by atoms with E-state index in [0.717, 1.165) is 5.57 Å². The highest BCUT2D eigenvalue weighted by molar-refractivity contribution is 5.88. The molecule has 64 valence electrons. The van der Waals surface area contributed by atoms with E-state index in [4.69, 9.17) is 5.11 Å². The molecule has 0 saturated heterocycles. The monoisotopic (exact) mass is 158 g/mol. The number of carbonyl (C=O) groups is 1. The summed E-state index contributed by atoms with van der Waals surface area (Å²) in [6.45, 7) is 3.57. The molecular formula is C8H14O3. The minimum Gasteiger partial charge on any atom is -0.466 e. The summed E-state index contributed by atoms with van der Waals surface area (Å²) >= 11 is 0. The van der Waals surface area contributed by atoms with Crippen LogP contribution in [0.15, 0.2) is 11.1 Å². The van der Waals surface area contributed by atoms with Crippen LogP contribution in [0.1, 0.15) is 20.3 Å². The Labute approximate surface area is 66.7 Å². The van der Waals surface area contributed by atoms with Crippen LogP contribution in [0.25, 0.3) is 0 Å². The number of ether oxygens (including phenoxy) is 1. The van der Waals surface area contributed by atoms with Crippen LogP contribution in [0.5, 0.6) is 0 Å². The Morgan fingerprint density at radius 1 is 1.45 bits per heavy atom. The zero-order chi connectivity index (χ0) is 8.85. The Morgan fingerprint density at radius 3 is 2.36 bits per heavy atom. The van der Waals surface area contributed by atoms with Crippen molar-refractivity contribution >= 4 is 5.97 Å². The fraction of sp³-hybridized carbons (Fsp3) is 0.625. The highest BCUT2D eigenvalue weighted by atomic mass is 16.5. The molecule has 0 rings (SSSR count). The van der Waals surface area contributed by atoms with Crippen LogP contribution >= 0.6 is 0 Å². The van der Waals surface area contributed by atoms with Crippen molar-refractivity contribution in [2.45, 2.75) is 20.3 Å². The Hall–Kier alpha value is -0.830. The SMILES string of the molecule is COC(=O)/C(C)=C(/C)CCO. The van der Waals surface area contributed by atoms with Crippen molar-refractivity contribution in [1.82, 2.24) is 0 Å². The third kappa shape index (κ3) is 3.18. The number of hydrogen-bond donors (Lipinski definition) is 1. The lowest BCUT2D eigenvalue weighted by Gasteiger charge is -2.03. The van der Waals surface area contributed by atoms with E-state index < -0.39 is 0 Å². The quantitative estimate of drug-likeness (QED) is 0.490. The van der Waals surface area contributed by atoms with E-state index in [9.17, 15) is 4.79 Å². The van der Waals surface area contributed by atoms with Crippen LogP contribution in [0.3, 0.4) is 0 Å². The summed E-state index contributed by atoms with van der Waals surface area (Å²) in [5.41, 5.74) is 1.46. The van der Waals surface area contributed by atoms with Crippen LogP contribution in [0.2, 0.25) is 0 Å². The molecule has 0 aliphatic rings. The van der Waals surface area contributed by atoms with Gasteiger partial charge in [-0.3, -0.25) is 0 Å². The third-order valence-corrected chi connectivity index (χ3v) is 1.62. The zero-order valence-corrected chi connectivity index (χ0v) is 7.18. The average molecular weight is 158 g/mol. The maximum Gasteiger partial charge on any atom is 0.333 e. The highest BCUT2D eigenvalue weighted by Crippen LogP contribution is 2.07. The van der Waals surface area contributed by atoms with Crippen molar-refractivity contribution in [3.8, 4) is 0 Å². The van der Waals surface area contributed by atoms with Crippen molar-refractivity contribution in [2.24, 2.45) is 0 Å². The van der Waals surface area contributed by atoms with Gasteiger partial charge in [0.15, 0.2) is 0 Å². The summed E-state index contributed by atoms with van der Waals surface area (Å²) in [6, 6.07) is 0. The van der Waals surface area contributed by atoms with Crippen molar-refractivity contribution in [3.63, 3.8) is 0 Å². The lowest BCUT2D eigenvalue weighted by Crippen LogP contribution is -2.04. The molecule has 0 bridgehead atoms. The molecule has 0 heterocycles. The second kappa shape index (κ2) is 4.91. The number of hydrogen-bond acceptors (Lipinski definition) is 3. The van der Waals surface area contributed by atoms with E-state index in [2.05, 4.69) is 4.74 Å². The minimum absolute atomic E-state index is 0.0696. The molecule has 11 heavy (non-hydrogen) atoms. The van der Waals surface area contributed by atoms with Gasteiger partial charge in [0.25, 0.3) is 0 Å². The fourth-order valence-electron chi connectivity index (χ4n) is 0.683. The van der Waals surface area contributed by atoms with Gasteiger partial charge in [0.1, 0.15) is 0 Å². The third-order valence-electron chi connectivity index (χ3n) is 1.62. The maximum atomic E-state index is 10.9. The first-order valence-corrected chi connectivity index (χ1v) is 3.49. The Balaban J connectivity index is 4.26. The summed E-state index contributed by atoms with van der Waals surface area (Å²) in [5, 5.41) is 8.55. The predicted molar refractivity (Wildman–Crippen MR) is 42.1 cm³/mol. The average Bonchev–Trinajstić information content (AvgIpc) is 2.02. The standard InChI is InChI=1S/C8H14O3/c1-6(4-5-9)7(2)8(10)11-3/h9H,4-5H2,1-3H3/b7-6-. The summed E-state index contributed by atoms with van der Waals surface area (Å²) in [6.07, 6.45) is 0.529. The van der Waals surface area contributed by atoms with Crippen molar-refractivity contribution in [1.29, 1.82) is 0 Å². The molecule has 0 atom stereocenters. The smallest absolute Gasteiger partial charge is 0.333 e. The van der Waals surface area contributed by atoms with Crippen LogP contribution < -0.4 is 0 Å². The molecule has 0 radical (unpaired) electrons. The van der Waals surface area contributed by atoms with E-state index in [-0.39, 0.29) is 12.6 Å². The van der Waals surface area contributed by atoms with E-state index in [0.29, 0.717) is 12.0 Å². The summed E-state index contributed by atoms with van der Waals surface area (Å²) in [7, 11) is 1.35. The Morgan fingerprint density at radius 2 is 2.00 bits per heavy atom. The van der Waals surface area contributed by atoms with Gasteiger partial charge in [-0.1, -0.05) is 5.57 Å². The van der Waals surface area contributed by atoms with Gasteiger partial charge in [-0.15, -0.1) is 0 Å². The number of aliphatic hydroxyl groups excluding tert-OH is 1. The van der Waals surface area contributed by atoms with Gasteiger partial charge >= 0.3 is 5.97 Å². The molecule has 0 aliphatic carbocycles. The van der Waals surface area contributed by atoms with Crippen LogP contribution in [0.4, 0.5) is 0 Å². The Kier molecular flexibility index (Phi) is 4.54. The van der Waals surface area contributed by atoms with Gasteiger partial charge in [-0.05, 0) is 20.3 Å². The van der Waals surface area contributed by atoms with E-state index in [1.807, 2.05) is 6.92 Å². The van der Waals surface area contributed by atoms with E-state index in [1.165, 1.54) is 7.11 Å². The number of esters is 1. The molecule has 0 aliphatic heterocycles. The zero-order valence-electron chi connectivity index (χ0n) is 7.18. The maximum absolute atomic E-state index is 10.9. The molecule has 0 aromatic heterocycles. The van der Waals surface area contributed by atoms with Gasteiger partial charge < -0.3 is 9.84 Å². The first kappa shape index (κ1) is 10.2. The van der Waals surface area contributed by atoms with E-state index in [1.54, 1.807) is 6.92 Å². The number of rotatable bonds is 3. The molecule has 0 saturated carbocycles. The normalized spacial score (nSPS) is 12.4. The number of aliphatic hydroxyl groups is 1. The molecule has 0 aromatic rings. The van der Waals surface area contributed by atoms with Crippen molar-refractivity contribution < 1.29 is 14.6 Å². The molecule has 0 aromatic carbocycles. The summed E-state index contributed by atoms with van der Waals surface area (Å²) < 4.78 is 4.50. The lowest BCUT2D eigenvalue weighted by atomic mass is 10.1. The second-order valence-electron chi connectivity index (χ2n) is 2.37. The molecule has 0 spiro atoms. The van der Waals surface area contributed by atoms with Gasteiger partial charge in [-0.25, -0.2) is 4.79 Å². The van der Waals surface area contributed by atoms with Gasteiger partial charge in [0.05, 0.1) is 7.11 Å². The molecule has 0 fully saturated rings. The Bertz CT molecular complexity index is 170. The molecule has 3 nitrogen and oxygen atoms in total. The topological polar surface area (TPSA) is 46.5 Å². The predicted octanol–water partition coefficient (Wildman–Crippen LogP) is 0.878. The molecular weight excluding hydrogens is 144 g/mol. The molecule has 0 amide bonds. The van der Waals surface area contributed by atoms with E-state index >= 15 is 0 Å². The van der Waals surface area contributed by atoms with Crippen molar-refractivity contribution in [3.05, 3.63) is 11.1 Å². The van der Waals surface area contributed by atoms with Crippen LogP contribution in [-0.4, -0.2) is 24.8 Å². The van der Waals surface area contributed by atoms with Gasteiger partial charge in [-0.2, -0.15) is 0 Å². The minimum atomic E-state index is -0.323. The largest absolute Gasteiger partial charge is 0.466 e. The second-order valence-corrected chi connectivity index (χ2v) is 2.37. The number of carbonyl (C=O) groups excluding carboxylic acids is 1. The first-order chi connectivity index (χ1) is 5.13. The fourth-order valence-corrected chi connectivity index (χ4v) is 0.683. The summed E-state index contributed by atoms with van der Waals surface area (Å²) in [4.78, 5) is 10.9. The highest BCUT2D eigenvalue weighted by Gasteiger charge is 2.05. The van der Waals surface area contributed by atoms with Gasteiger partial charge in [0.2, 0.25) is 0 Å². The van der Waals surface area contributed by atoms with Crippen LogP contribution in [-0.2, 0) is 9.53 Å². The molecule has 0 unspecified atom stereocenters. The number of methoxy groups -OCH3 is 1. The summed E-state index contributed by atoms with van der Waals surface area (Å²) in [5.74, 6) is -0.323. The lowest BCUT2D eigenvalue weighted by molar-refractivity contribution is -0.136.